The number of benzene rings is 1. The van der Waals surface area contributed by atoms with Crippen molar-refractivity contribution in [3.05, 3.63) is 173 Å². The summed E-state index contributed by atoms with van der Waals surface area (Å²) < 4.78 is 4.31. The molecule has 294 valence electrons. The molecule has 0 fully saturated rings. The van der Waals surface area contributed by atoms with Crippen LogP contribution in [-0.2, 0) is 22.4 Å². The van der Waals surface area contributed by atoms with Gasteiger partial charge in [-0.15, -0.1) is 45.2 Å². The van der Waals surface area contributed by atoms with Crippen LogP contribution in [0.3, 0.4) is 0 Å². The average molecular weight is 716 g/mol. The van der Waals surface area contributed by atoms with E-state index in [4.69, 9.17) is 0 Å². The van der Waals surface area contributed by atoms with Crippen LogP contribution in [0.1, 0.15) is 86.3 Å². The smallest absolute Gasteiger partial charge is 0.152 e. The van der Waals surface area contributed by atoms with Crippen molar-refractivity contribution in [2.75, 3.05) is 27.2 Å². The van der Waals surface area contributed by atoms with Gasteiger partial charge in [0.05, 0.1) is 13.4 Å². The molecule has 52 heavy (non-hydrogen) atoms. The highest BCUT2D eigenvalue weighted by atomic mass is 16.5. The van der Waals surface area contributed by atoms with Crippen molar-refractivity contribution < 1.29 is 9.53 Å². The van der Waals surface area contributed by atoms with Gasteiger partial charge in [0, 0.05) is 13.1 Å². The van der Waals surface area contributed by atoms with Gasteiger partial charge in [0.1, 0.15) is 0 Å². The van der Waals surface area contributed by atoms with Crippen molar-refractivity contribution >= 4 is 5.78 Å². The van der Waals surface area contributed by atoms with Crippen molar-refractivity contribution in [2.45, 2.75) is 88.0 Å². The van der Waals surface area contributed by atoms with Gasteiger partial charge in [-0.05, 0) is 97.4 Å². The second-order valence-electron chi connectivity index (χ2n) is 10.1. The highest BCUT2D eigenvalue weighted by Gasteiger charge is 2.09. The van der Waals surface area contributed by atoms with Crippen LogP contribution in [0.4, 0.5) is 0 Å². The number of fused-ring (bicyclic) bond motifs is 1. The van der Waals surface area contributed by atoms with Gasteiger partial charge in [0.15, 0.2) is 5.78 Å². The zero-order valence-electron chi connectivity index (χ0n) is 35.8. The Balaban J connectivity index is -0.0000000708. The fourth-order valence-corrected chi connectivity index (χ4v) is 2.57. The lowest BCUT2D eigenvalue weighted by Gasteiger charge is -2.16. The first kappa shape index (κ1) is 65.7. The lowest BCUT2D eigenvalue weighted by atomic mass is 9.89. The number of hydrogen-bond acceptors (Lipinski definition) is 3. The summed E-state index contributed by atoms with van der Waals surface area (Å²) in [5.74, 6) is 3.00. The van der Waals surface area contributed by atoms with E-state index >= 15 is 0 Å². The summed E-state index contributed by atoms with van der Waals surface area (Å²) in [6.45, 7) is 50.4. The number of ether oxygens (including phenoxy) is 1. The second-order valence-corrected chi connectivity index (χ2v) is 10.1. The van der Waals surface area contributed by atoms with Crippen LogP contribution in [0.15, 0.2) is 162 Å². The molecule has 1 aliphatic rings. The number of carbonyl (C=O) groups is 1. The molecule has 0 saturated carbocycles. The van der Waals surface area contributed by atoms with Crippen molar-refractivity contribution in [2.24, 2.45) is 5.92 Å². The lowest BCUT2D eigenvalue weighted by Crippen LogP contribution is -2.17. The van der Waals surface area contributed by atoms with Gasteiger partial charge in [0.25, 0.3) is 0 Å². The number of carbonyl (C=O) groups excluding carboxylic acids is 1. The monoisotopic (exact) mass is 716 g/mol. The van der Waals surface area contributed by atoms with Gasteiger partial charge < -0.3 is 4.74 Å². The Labute approximate surface area is 326 Å². The van der Waals surface area contributed by atoms with E-state index in [9.17, 15) is 4.79 Å². The van der Waals surface area contributed by atoms with Crippen LogP contribution in [-0.4, -0.2) is 37.9 Å². The van der Waals surface area contributed by atoms with Gasteiger partial charge in [-0.25, -0.2) is 0 Å². The summed E-state index contributed by atoms with van der Waals surface area (Å²) in [7, 11) is 3.59. The number of terminal acetylenes is 1. The Morgan fingerprint density at radius 3 is 1.31 bits per heavy atom. The minimum absolute atomic E-state index is 0.0185. The predicted molar refractivity (Wildman–Crippen MR) is 245 cm³/mol. The van der Waals surface area contributed by atoms with Gasteiger partial charge in [0.2, 0.25) is 0 Å². The quantitative estimate of drug-likeness (QED) is 0.0709. The molecule has 1 aromatic rings. The minimum Gasteiger partial charge on any atom is -0.505 e. The van der Waals surface area contributed by atoms with Crippen molar-refractivity contribution in [3.8, 4) is 12.3 Å². The standard InChI is InChI=1S/C8H8.C8H14.C7H13N.C6H10.C5H8.C4H6O.C3H6O.C3H6.C3H4.C2H6/c1-2-4-8-6-5-7(8)3-1;2*1-4-6-8(3)7-5-2;1-4-6(3)5-2;1-3-5-4-2;1-3-4(2)5;1-3-4-2;2*1-3-2;1-2/h1-4H,5-6H2;4-5,8H,1-2,6-7H2,3H3;4-5H,1-2,6-7H2,3H3;4-5H,1H2,2-3H3;3-5H,1H2,2H3;3H,1H2,2H3;3H,1H2,2H3;3H,1H2,2H3;1H,2H3;1-2H3/b;;;6-5+;;;;;;. The molecular weight excluding hydrogens is 635 g/mol. The Bertz CT molecular complexity index is 1010. The zero-order chi connectivity index (χ0) is 42.4. The van der Waals surface area contributed by atoms with E-state index in [1.54, 1.807) is 37.3 Å². The van der Waals surface area contributed by atoms with E-state index in [2.05, 4.69) is 112 Å². The maximum absolute atomic E-state index is 9.69. The maximum Gasteiger partial charge on any atom is 0.152 e. The van der Waals surface area contributed by atoms with Crippen LogP contribution < -0.4 is 0 Å². The maximum atomic E-state index is 9.69. The molecule has 0 aromatic heterocycles. The molecule has 0 spiro atoms. The van der Waals surface area contributed by atoms with E-state index in [0.717, 1.165) is 31.8 Å². The molecule has 0 bridgehead atoms. The van der Waals surface area contributed by atoms with Crippen LogP contribution in [0.25, 0.3) is 0 Å². The number of nitrogens with zero attached hydrogens (tertiary/aromatic N) is 1. The van der Waals surface area contributed by atoms with E-state index < -0.39 is 0 Å². The average Bonchev–Trinajstić information content (AvgIpc) is 3.12. The topological polar surface area (TPSA) is 29.5 Å². The number of ketones is 1. The molecule has 0 aliphatic heterocycles. The lowest BCUT2D eigenvalue weighted by molar-refractivity contribution is -0.112. The van der Waals surface area contributed by atoms with Crippen molar-refractivity contribution in [3.63, 3.8) is 0 Å². The number of hydrogen-bond donors (Lipinski definition) is 0. The molecule has 2 rings (SSSR count). The first-order valence-electron chi connectivity index (χ1n) is 17.7. The minimum atomic E-state index is 0.0185. The summed E-state index contributed by atoms with van der Waals surface area (Å²) in [5.41, 5.74) is 4.33. The SMILES string of the molecule is C#CC.C=C/C(C)=C/C.C=CC.C=CC(C)=O.C=CC=CC.C=CCC(C)CC=C.C=CCN(C)CC=C.C=COC.CC.c1ccc2c(c1)CC2. The summed E-state index contributed by atoms with van der Waals surface area (Å²) in [6.07, 6.45) is 30.9. The second kappa shape index (κ2) is 68.3. The molecular formula is C49H81NO2. The Morgan fingerprint density at radius 2 is 1.19 bits per heavy atom. The molecule has 3 nitrogen and oxygen atoms in total. The third kappa shape index (κ3) is 85.2. The van der Waals surface area contributed by atoms with Crippen molar-refractivity contribution in [1.82, 2.24) is 4.90 Å². The normalized spacial score (nSPS) is 8.81. The third-order valence-electron chi connectivity index (χ3n) is 5.36. The molecule has 1 aromatic carbocycles. The zero-order valence-corrected chi connectivity index (χ0v) is 35.8. The fourth-order valence-electron chi connectivity index (χ4n) is 2.57. The van der Waals surface area contributed by atoms with Crippen LogP contribution in [0, 0.1) is 18.3 Å². The summed E-state index contributed by atoms with van der Waals surface area (Å²) >= 11 is 0. The van der Waals surface area contributed by atoms with E-state index in [-0.39, 0.29) is 5.78 Å². The van der Waals surface area contributed by atoms with Gasteiger partial charge in [-0.3, -0.25) is 9.69 Å². The molecule has 0 radical (unpaired) electrons. The summed E-state index contributed by atoms with van der Waals surface area (Å²) in [5, 5.41) is 0. The number of likely N-dealkylation sites (N-methyl/N-ethyl adjacent to an activating group) is 1. The molecule has 0 unspecified atom stereocenters. The Kier molecular flexibility index (Phi) is 86.3. The highest BCUT2D eigenvalue weighted by Crippen LogP contribution is 2.20. The van der Waals surface area contributed by atoms with Gasteiger partial charge in [-0.1, -0.05) is 138 Å². The summed E-state index contributed by atoms with van der Waals surface area (Å²) in [4.78, 5) is 11.8. The largest absolute Gasteiger partial charge is 0.505 e. The molecule has 0 saturated heterocycles. The van der Waals surface area contributed by atoms with Crippen LogP contribution in [0.2, 0.25) is 0 Å². The van der Waals surface area contributed by atoms with E-state index in [0.29, 0.717) is 0 Å². The van der Waals surface area contributed by atoms with Gasteiger partial charge in [-0.2, -0.15) is 0 Å². The molecule has 3 heteroatoms. The first-order chi connectivity index (χ1) is 24.8. The Hall–Kier alpha value is -4.65. The first-order valence-corrected chi connectivity index (χ1v) is 17.7. The van der Waals surface area contributed by atoms with Crippen LogP contribution >= 0.6 is 0 Å². The Morgan fingerprint density at radius 1 is 0.846 bits per heavy atom. The van der Waals surface area contributed by atoms with Crippen LogP contribution in [0.5, 0.6) is 0 Å². The molecule has 0 heterocycles. The van der Waals surface area contributed by atoms with E-state index in [1.807, 2.05) is 97.2 Å². The molecule has 1 aliphatic carbocycles. The number of allylic oxidation sites excluding steroid dienone is 10. The number of methoxy groups -OCH3 is 1. The van der Waals surface area contributed by atoms with E-state index in [1.165, 1.54) is 37.7 Å². The van der Waals surface area contributed by atoms with Gasteiger partial charge >= 0.3 is 0 Å². The highest BCUT2D eigenvalue weighted by molar-refractivity contribution is 5.86. The third-order valence-corrected chi connectivity index (χ3v) is 5.36. The van der Waals surface area contributed by atoms with Crippen molar-refractivity contribution in [1.29, 1.82) is 0 Å². The molecule has 0 amide bonds. The summed E-state index contributed by atoms with van der Waals surface area (Å²) in [6, 6.07) is 8.63. The number of aryl methyl sites for hydroxylation is 2. The molecule has 0 N–H and O–H groups in total. The molecule has 0 atom stereocenters. The number of rotatable bonds is 12. The fraction of sp³-hybridized carbons (Fsp3) is 0.367. The predicted octanol–water partition coefficient (Wildman–Crippen LogP) is 14.1.